The van der Waals surface area contributed by atoms with Gasteiger partial charge in [-0.25, -0.2) is 12.8 Å². The highest BCUT2D eigenvalue weighted by Gasteiger charge is 2.30. The van der Waals surface area contributed by atoms with E-state index in [0.717, 1.165) is 11.6 Å². The predicted molar refractivity (Wildman–Crippen MR) is 98.0 cm³/mol. The van der Waals surface area contributed by atoms with Crippen LogP contribution in [0.2, 0.25) is 0 Å². The van der Waals surface area contributed by atoms with Gasteiger partial charge < -0.3 is 4.52 Å². The van der Waals surface area contributed by atoms with Gasteiger partial charge in [0.15, 0.2) is 0 Å². The Balaban J connectivity index is 1.39. The molecular weight excluding hydrogens is 385 g/mol. The minimum Gasteiger partial charge on any atom is -0.338 e. The summed E-state index contributed by atoms with van der Waals surface area (Å²) in [6.45, 7) is 1.91. The number of piperazine rings is 1. The van der Waals surface area contributed by atoms with Gasteiger partial charge in [0.05, 0.1) is 6.54 Å². The third-order valence-electron chi connectivity index (χ3n) is 4.53. The van der Waals surface area contributed by atoms with E-state index >= 15 is 0 Å². The quantitative estimate of drug-likeness (QED) is 0.641. The first kappa shape index (κ1) is 18.7. The molecule has 1 aliphatic heterocycles. The van der Waals surface area contributed by atoms with E-state index in [-0.39, 0.29) is 18.0 Å². The number of rotatable bonds is 5. The van der Waals surface area contributed by atoms with Gasteiger partial charge in [-0.2, -0.15) is 9.29 Å². The fraction of sp³-hybridized carbons (Fsp3) is 0.278. The van der Waals surface area contributed by atoms with Crippen LogP contribution in [0.25, 0.3) is 11.4 Å². The maximum atomic E-state index is 13.9. The predicted octanol–water partition coefficient (Wildman–Crippen LogP) is 1.78. The van der Waals surface area contributed by atoms with E-state index in [1.165, 1.54) is 22.5 Å². The number of nitrogens with zero attached hydrogens (tertiary/aromatic N) is 5. The fourth-order valence-electron chi connectivity index (χ4n) is 3.04. The average Bonchev–Trinajstić information content (AvgIpc) is 3.18. The van der Waals surface area contributed by atoms with Crippen LogP contribution in [-0.4, -0.2) is 58.9 Å². The van der Waals surface area contributed by atoms with E-state index in [2.05, 4.69) is 15.1 Å². The summed E-state index contributed by atoms with van der Waals surface area (Å²) < 4.78 is 45.8. The summed E-state index contributed by atoms with van der Waals surface area (Å²) in [7, 11) is -3.85. The molecule has 0 saturated carbocycles. The number of halogens is 1. The number of hydrogen-bond donors (Lipinski definition) is 0. The van der Waals surface area contributed by atoms with Crippen molar-refractivity contribution < 1.29 is 17.3 Å². The van der Waals surface area contributed by atoms with Gasteiger partial charge in [0.25, 0.3) is 0 Å². The molecule has 1 aliphatic rings. The van der Waals surface area contributed by atoms with Gasteiger partial charge in [-0.1, -0.05) is 17.3 Å². The molecule has 28 heavy (non-hydrogen) atoms. The lowest BCUT2D eigenvalue weighted by Gasteiger charge is -2.33. The zero-order valence-electron chi connectivity index (χ0n) is 14.9. The van der Waals surface area contributed by atoms with E-state index < -0.39 is 15.8 Å². The van der Waals surface area contributed by atoms with Crippen molar-refractivity contribution in [3.8, 4) is 11.4 Å². The van der Waals surface area contributed by atoms with Gasteiger partial charge >= 0.3 is 0 Å². The van der Waals surface area contributed by atoms with Crippen LogP contribution in [0.4, 0.5) is 4.39 Å². The minimum atomic E-state index is -3.85. The molecular formula is C18H18FN5O3S. The third kappa shape index (κ3) is 3.79. The molecule has 10 heteroatoms. The van der Waals surface area contributed by atoms with Gasteiger partial charge in [0, 0.05) is 44.1 Å². The average molecular weight is 403 g/mol. The first-order chi connectivity index (χ1) is 13.5. The maximum absolute atomic E-state index is 13.9. The Bertz CT molecular complexity index is 1050. The Kier molecular flexibility index (Phi) is 5.16. The van der Waals surface area contributed by atoms with Gasteiger partial charge in [-0.05, 0) is 24.3 Å². The van der Waals surface area contributed by atoms with Crippen LogP contribution in [0.1, 0.15) is 5.89 Å². The van der Waals surface area contributed by atoms with E-state index in [1.807, 2.05) is 11.0 Å². The minimum absolute atomic E-state index is 0.264. The SMILES string of the molecule is O=S(=O)(c1ccccc1F)N1CCN(Cc2nc(-c3cccnc3)no2)CC1. The summed E-state index contributed by atoms with van der Waals surface area (Å²) in [5.41, 5.74) is 0.762. The largest absolute Gasteiger partial charge is 0.338 e. The second-order valence-electron chi connectivity index (χ2n) is 6.36. The van der Waals surface area contributed by atoms with Crippen molar-refractivity contribution in [1.29, 1.82) is 0 Å². The zero-order valence-corrected chi connectivity index (χ0v) is 15.7. The molecule has 0 bridgehead atoms. The van der Waals surface area contributed by atoms with Gasteiger partial charge in [0.1, 0.15) is 10.7 Å². The summed E-state index contributed by atoms with van der Waals surface area (Å²) in [5.74, 6) is 0.173. The number of benzene rings is 1. The molecule has 0 unspecified atom stereocenters. The number of aromatic nitrogens is 3. The molecule has 1 fully saturated rings. The molecule has 4 rings (SSSR count). The van der Waals surface area contributed by atoms with Gasteiger partial charge in [0.2, 0.25) is 21.7 Å². The Morgan fingerprint density at radius 3 is 2.57 bits per heavy atom. The van der Waals surface area contributed by atoms with Crippen molar-refractivity contribution >= 4 is 10.0 Å². The summed E-state index contributed by atoms with van der Waals surface area (Å²) in [6.07, 6.45) is 3.32. The standard InChI is InChI=1S/C18H18FN5O3S/c19-15-5-1-2-6-16(15)28(25,26)24-10-8-23(9-11-24)13-17-21-18(22-27-17)14-4-3-7-20-12-14/h1-7,12H,8-11,13H2. The molecule has 0 spiro atoms. The molecule has 8 nitrogen and oxygen atoms in total. The van der Waals surface area contributed by atoms with Crippen molar-refractivity contribution in [1.82, 2.24) is 24.3 Å². The van der Waals surface area contributed by atoms with Crippen LogP contribution in [0, 0.1) is 5.82 Å². The second kappa shape index (κ2) is 7.74. The molecule has 3 heterocycles. The molecule has 1 saturated heterocycles. The molecule has 2 aromatic heterocycles. The number of hydrogen-bond acceptors (Lipinski definition) is 7. The molecule has 0 atom stereocenters. The molecule has 0 radical (unpaired) electrons. The van der Waals surface area contributed by atoms with Crippen LogP contribution < -0.4 is 0 Å². The van der Waals surface area contributed by atoms with Crippen molar-refractivity contribution in [2.75, 3.05) is 26.2 Å². The Morgan fingerprint density at radius 2 is 1.86 bits per heavy atom. The number of sulfonamides is 1. The molecule has 146 valence electrons. The highest BCUT2D eigenvalue weighted by molar-refractivity contribution is 7.89. The van der Waals surface area contributed by atoms with E-state index in [9.17, 15) is 12.8 Å². The lowest BCUT2D eigenvalue weighted by molar-refractivity contribution is 0.163. The van der Waals surface area contributed by atoms with Crippen LogP contribution in [0.5, 0.6) is 0 Å². The Hall–Kier alpha value is -2.69. The van der Waals surface area contributed by atoms with Crippen LogP contribution >= 0.6 is 0 Å². The lowest BCUT2D eigenvalue weighted by Crippen LogP contribution is -2.48. The van der Waals surface area contributed by atoms with Crippen molar-refractivity contribution in [3.63, 3.8) is 0 Å². The number of pyridine rings is 1. The first-order valence-corrected chi connectivity index (χ1v) is 10.2. The topological polar surface area (TPSA) is 92.4 Å². The highest BCUT2D eigenvalue weighted by atomic mass is 32.2. The molecule has 0 aliphatic carbocycles. The van der Waals surface area contributed by atoms with Crippen LogP contribution in [-0.2, 0) is 16.6 Å². The van der Waals surface area contributed by atoms with E-state index in [4.69, 9.17) is 4.52 Å². The fourth-order valence-corrected chi connectivity index (χ4v) is 4.53. The smallest absolute Gasteiger partial charge is 0.246 e. The van der Waals surface area contributed by atoms with Gasteiger partial charge in [-0.3, -0.25) is 9.88 Å². The normalized spacial score (nSPS) is 16.3. The van der Waals surface area contributed by atoms with Crippen LogP contribution in [0.3, 0.4) is 0 Å². The van der Waals surface area contributed by atoms with Gasteiger partial charge in [-0.15, -0.1) is 0 Å². The van der Waals surface area contributed by atoms with E-state index in [1.54, 1.807) is 18.5 Å². The Morgan fingerprint density at radius 1 is 1.07 bits per heavy atom. The maximum Gasteiger partial charge on any atom is 0.246 e. The summed E-state index contributed by atoms with van der Waals surface area (Å²) in [4.78, 5) is 10.1. The third-order valence-corrected chi connectivity index (χ3v) is 6.46. The molecule has 1 aromatic carbocycles. The lowest BCUT2D eigenvalue weighted by atomic mass is 10.3. The molecule has 3 aromatic rings. The van der Waals surface area contributed by atoms with E-state index in [0.29, 0.717) is 31.3 Å². The Labute approximate surface area is 161 Å². The summed E-state index contributed by atoms with van der Waals surface area (Å²) in [5, 5.41) is 3.95. The summed E-state index contributed by atoms with van der Waals surface area (Å²) >= 11 is 0. The van der Waals surface area contributed by atoms with Crippen molar-refractivity contribution in [2.45, 2.75) is 11.4 Å². The first-order valence-electron chi connectivity index (χ1n) is 8.74. The highest BCUT2D eigenvalue weighted by Crippen LogP contribution is 2.21. The molecule has 0 N–H and O–H groups in total. The summed E-state index contributed by atoms with van der Waals surface area (Å²) in [6, 6.07) is 9.06. The second-order valence-corrected chi connectivity index (χ2v) is 8.27. The monoisotopic (exact) mass is 403 g/mol. The molecule has 0 amide bonds. The van der Waals surface area contributed by atoms with Crippen molar-refractivity contribution in [3.05, 3.63) is 60.5 Å². The zero-order chi connectivity index (χ0) is 19.6. The van der Waals surface area contributed by atoms with Crippen LogP contribution in [0.15, 0.2) is 58.2 Å². The van der Waals surface area contributed by atoms with Crippen molar-refractivity contribution in [2.24, 2.45) is 0 Å².